The number of benzene rings is 2. The minimum Gasteiger partial charge on any atom is -0.365 e. The van der Waals surface area contributed by atoms with Crippen molar-refractivity contribution in [3.8, 4) is 6.07 Å². The van der Waals surface area contributed by atoms with E-state index >= 15 is 0 Å². The molecule has 2 N–H and O–H groups in total. The first kappa shape index (κ1) is 19.2. The fourth-order valence-electron chi connectivity index (χ4n) is 2.84. The van der Waals surface area contributed by atoms with Crippen molar-refractivity contribution in [2.75, 3.05) is 4.90 Å². The number of rotatable bonds is 4. The minimum atomic E-state index is -0.838. The zero-order chi connectivity index (χ0) is 19.6. The van der Waals surface area contributed by atoms with Gasteiger partial charge in [-0.15, -0.1) is 0 Å². The third-order valence-corrected chi connectivity index (χ3v) is 5.91. The summed E-state index contributed by atoms with van der Waals surface area (Å²) in [7, 11) is 0. The standard InChI is InChI=1S/C20H16BrN3O2S/c1-12-3-2-4-15(9-12)24-19(26)17(10-13-5-7-14(21)8-6-13)27-20(24)16(11-22)18(23)25/h2-9,17H,10H2,1H3,(H2,23,25)/b20-16+/t17-/m1/s1. The normalized spacial score (nSPS) is 18.3. The monoisotopic (exact) mass is 441 g/mol. The maximum Gasteiger partial charge on any atom is 0.262 e. The Hall–Kier alpha value is -2.56. The number of nitrogens with two attached hydrogens (primary N) is 1. The SMILES string of the molecule is Cc1cccc(N2C(=O)[C@@H](Cc3ccc(Br)cc3)S/C2=C(\C#N)C(N)=O)c1. The molecule has 0 unspecified atom stereocenters. The van der Waals surface area contributed by atoms with E-state index in [1.54, 1.807) is 6.07 Å². The van der Waals surface area contributed by atoms with E-state index in [0.29, 0.717) is 17.1 Å². The van der Waals surface area contributed by atoms with Gasteiger partial charge in [0.15, 0.2) is 0 Å². The van der Waals surface area contributed by atoms with E-state index in [1.165, 1.54) is 16.7 Å². The van der Waals surface area contributed by atoms with Crippen LogP contribution in [0.15, 0.2) is 63.6 Å². The van der Waals surface area contributed by atoms with Crippen LogP contribution >= 0.6 is 27.7 Å². The molecular weight excluding hydrogens is 426 g/mol. The number of amides is 2. The first-order valence-corrected chi connectivity index (χ1v) is 9.84. The van der Waals surface area contributed by atoms with E-state index in [4.69, 9.17) is 5.73 Å². The van der Waals surface area contributed by atoms with Crippen LogP contribution in [-0.4, -0.2) is 17.1 Å². The number of hydrogen-bond donors (Lipinski definition) is 1. The molecule has 0 spiro atoms. The summed E-state index contributed by atoms with van der Waals surface area (Å²) in [6.07, 6.45) is 0.486. The number of nitrogens with zero attached hydrogens (tertiary/aromatic N) is 2. The summed E-state index contributed by atoms with van der Waals surface area (Å²) in [6, 6.07) is 16.9. The molecule has 2 amide bonds. The smallest absolute Gasteiger partial charge is 0.262 e. The molecule has 1 fully saturated rings. The van der Waals surface area contributed by atoms with Crippen molar-refractivity contribution in [2.45, 2.75) is 18.6 Å². The van der Waals surface area contributed by atoms with Gasteiger partial charge in [-0.3, -0.25) is 14.5 Å². The average Bonchev–Trinajstić information content (AvgIpc) is 2.93. The van der Waals surface area contributed by atoms with Crippen molar-refractivity contribution < 1.29 is 9.59 Å². The highest BCUT2D eigenvalue weighted by molar-refractivity contribution is 9.10. The highest BCUT2D eigenvalue weighted by Gasteiger charge is 2.40. The molecule has 7 heteroatoms. The molecule has 5 nitrogen and oxygen atoms in total. The Kier molecular flexibility index (Phi) is 5.68. The number of primary amides is 1. The second-order valence-corrected chi connectivity index (χ2v) is 8.21. The molecule has 1 aliphatic rings. The molecule has 0 aromatic heterocycles. The molecule has 1 aliphatic heterocycles. The van der Waals surface area contributed by atoms with Gasteiger partial charge in [0.1, 0.15) is 16.7 Å². The number of halogens is 1. The maximum absolute atomic E-state index is 13.1. The van der Waals surface area contributed by atoms with Gasteiger partial charge in [-0.2, -0.15) is 5.26 Å². The molecule has 2 aromatic carbocycles. The van der Waals surface area contributed by atoms with Crippen LogP contribution < -0.4 is 10.6 Å². The lowest BCUT2D eigenvalue weighted by Crippen LogP contribution is -2.31. The van der Waals surface area contributed by atoms with Gasteiger partial charge in [0.2, 0.25) is 5.91 Å². The van der Waals surface area contributed by atoms with E-state index in [-0.39, 0.29) is 11.5 Å². The van der Waals surface area contributed by atoms with Gasteiger partial charge in [0.05, 0.1) is 5.25 Å². The number of hydrogen-bond acceptors (Lipinski definition) is 4. The summed E-state index contributed by atoms with van der Waals surface area (Å²) >= 11 is 4.60. The van der Waals surface area contributed by atoms with Crippen molar-refractivity contribution in [1.82, 2.24) is 0 Å². The van der Waals surface area contributed by atoms with Crippen LogP contribution in [0, 0.1) is 18.3 Å². The summed E-state index contributed by atoms with van der Waals surface area (Å²) in [6.45, 7) is 1.92. The summed E-state index contributed by atoms with van der Waals surface area (Å²) in [5.41, 5.74) is 7.76. The van der Waals surface area contributed by atoms with Gasteiger partial charge in [-0.05, 0) is 48.7 Å². The van der Waals surface area contributed by atoms with Crippen LogP contribution in [0.2, 0.25) is 0 Å². The summed E-state index contributed by atoms with van der Waals surface area (Å²) in [4.78, 5) is 26.3. The van der Waals surface area contributed by atoms with Crippen LogP contribution in [0.25, 0.3) is 0 Å². The lowest BCUT2D eigenvalue weighted by atomic mass is 10.1. The molecular formula is C20H16BrN3O2S. The largest absolute Gasteiger partial charge is 0.365 e. The van der Waals surface area contributed by atoms with E-state index < -0.39 is 11.2 Å². The molecule has 0 aliphatic carbocycles. The Bertz CT molecular complexity index is 979. The first-order valence-electron chi connectivity index (χ1n) is 8.16. The highest BCUT2D eigenvalue weighted by Crippen LogP contribution is 2.42. The molecule has 1 saturated heterocycles. The summed E-state index contributed by atoms with van der Waals surface area (Å²) in [5, 5.41) is 9.26. The number of anilines is 1. The van der Waals surface area contributed by atoms with Gasteiger partial charge in [0.25, 0.3) is 5.91 Å². The summed E-state index contributed by atoms with van der Waals surface area (Å²) in [5.74, 6) is -1.01. The van der Waals surface area contributed by atoms with Crippen molar-refractivity contribution in [2.24, 2.45) is 5.73 Å². The lowest BCUT2D eigenvalue weighted by Gasteiger charge is -2.18. The van der Waals surface area contributed by atoms with Crippen LogP contribution in [0.1, 0.15) is 11.1 Å². The Morgan fingerprint density at radius 2 is 2.00 bits per heavy atom. The fourth-order valence-corrected chi connectivity index (χ4v) is 4.42. The van der Waals surface area contributed by atoms with Gasteiger partial charge in [-0.25, -0.2) is 0 Å². The molecule has 0 saturated carbocycles. The molecule has 1 heterocycles. The third kappa shape index (κ3) is 4.07. The molecule has 136 valence electrons. The average molecular weight is 442 g/mol. The van der Waals surface area contributed by atoms with E-state index in [0.717, 1.165) is 15.6 Å². The Balaban J connectivity index is 2.03. The maximum atomic E-state index is 13.1. The second kappa shape index (κ2) is 7.99. The quantitative estimate of drug-likeness (QED) is 0.578. The Morgan fingerprint density at radius 3 is 2.59 bits per heavy atom. The molecule has 2 aromatic rings. The Labute approximate surface area is 170 Å². The van der Waals surface area contributed by atoms with Crippen LogP contribution in [0.3, 0.4) is 0 Å². The number of aryl methyl sites for hydroxylation is 1. The zero-order valence-electron chi connectivity index (χ0n) is 14.5. The number of carbonyl (C=O) groups is 2. The minimum absolute atomic E-state index is 0.169. The Morgan fingerprint density at radius 1 is 1.30 bits per heavy atom. The molecule has 0 radical (unpaired) electrons. The van der Waals surface area contributed by atoms with Crippen LogP contribution in [0.5, 0.6) is 0 Å². The van der Waals surface area contributed by atoms with E-state index in [2.05, 4.69) is 15.9 Å². The number of carbonyl (C=O) groups excluding carboxylic acids is 2. The van der Waals surface area contributed by atoms with E-state index in [1.807, 2.05) is 55.5 Å². The first-order chi connectivity index (χ1) is 12.9. The second-order valence-electron chi connectivity index (χ2n) is 6.11. The van der Waals surface area contributed by atoms with Crippen molar-refractivity contribution >= 4 is 45.2 Å². The van der Waals surface area contributed by atoms with Crippen molar-refractivity contribution in [3.05, 3.63) is 74.7 Å². The predicted octanol–water partition coefficient (Wildman–Crippen LogP) is 3.67. The molecule has 1 atom stereocenters. The van der Waals surface area contributed by atoms with Crippen LogP contribution in [0.4, 0.5) is 5.69 Å². The van der Waals surface area contributed by atoms with Crippen molar-refractivity contribution in [3.63, 3.8) is 0 Å². The van der Waals surface area contributed by atoms with Gasteiger partial charge in [0, 0.05) is 10.2 Å². The van der Waals surface area contributed by atoms with Gasteiger partial charge in [-0.1, -0.05) is 52.0 Å². The van der Waals surface area contributed by atoms with Crippen molar-refractivity contribution in [1.29, 1.82) is 5.26 Å². The van der Waals surface area contributed by atoms with Gasteiger partial charge < -0.3 is 5.73 Å². The highest BCUT2D eigenvalue weighted by atomic mass is 79.9. The zero-order valence-corrected chi connectivity index (χ0v) is 16.9. The predicted molar refractivity (Wildman–Crippen MR) is 110 cm³/mol. The topological polar surface area (TPSA) is 87.2 Å². The third-order valence-electron chi connectivity index (χ3n) is 4.12. The van der Waals surface area contributed by atoms with Gasteiger partial charge >= 0.3 is 0 Å². The number of thioether (sulfide) groups is 1. The molecule has 3 rings (SSSR count). The summed E-state index contributed by atoms with van der Waals surface area (Å²) < 4.78 is 0.958. The van der Waals surface area contributed by atoms with Crippen LogP contribution in [-0.2, 0) is 16.0 Å². The van der Waals surface area contributed by atoms with E-state index in [9.17, 15) is 14.9 Å². The number of nitriles is 1. The molecule has 0 bridgehead atoms. The molecule has 27 heavy (non-hydrogen) atoms. The lowest BCUT2D eigenvalue weighted by molar-refractivity contribution is -0.117. The fraction of sp³-hybridized carbons (Fsp3) is 0.150.